The average Bonchev–Trinajstić information content (AvgIpc) is 2.94. The molecule has 4 rings (SSSR count). The van der Waals surface area contributed by atoms with Gasteiger partial charge in [-0.2, -0.15) is 5.26 Å². The smallest absolute Gasteiger partial charge is 0.280 e. The molecule has 0 saturated carbocycles. The van der Waals surface area contributed by atoms with Gasteiger partial charge in [0.2, 0.25) is 0 Å². The summed E-state index contributed by atoms with van der Waals surface area (Å²) < 4.78 is 32.9. The Kier molecular flexibility index (Phi) is 9.36. The van der Waals surface area contributed by atoms with Gasteiger partial charge in [0.25, 0.3) is 6.43 Å². The number of carbonyl (C=O) groups excluding carboxylic acids is 1. The van der Waals surface area contributed by atoms with Crippen LogP contribution in [0.2, 0.25) is 10.0 Å². The predicted molar refractivity (Wildman–Crippen MR) is 152 cm³/mol. The molecule has 4 nitrogen and oxygen atoms in total. The van der Waals surface area contributed by atoms with E-state index in [4.69, 9.17) is 27.9 Å². The number of aromatic nitrogens is 1. The molecule has 0 spiro atoms. The van der Waals surface area contributed by atoms with E-state index in [-0.39, 0.29) is 27.1 Å². The van der Waals surface area contributed by atoms with Crippen LogP contribution in [0.1, 0.15) is 39.2 Å². The number of allylic oxidation sites excluding steroid dienone is 1. The summed E-state index contributed by atoms with van der Waals surface area (Å²) in [6.07, 6.45) is 0.251. The van der Waals surface area contributed by atoms with Crippen molar-refractivity contribution < 1.29 is 18.3 Å². The van der Waals surface area contributed by atoms with Crippen molar-refractivity contribution in [2.75, 3.05) is 7.11 Å². The van der Waals surface area contributed by atoms with Crippen LogP contribution in [0, 0.1) is 11.3 Å². The highest BCUT2D eigenvalue weighted by Gasteiger charge is 2.20. The van der Waals surface area contributed by atoms with E-state index < -0.39 is 12.1 Å². The van der Waals surface area contributed by atoms with Crippen molar-refractivity contribution >= 4 is 46.8 Å². The Morgan fingerprint density at radius 3 is 2.54 bits per heavy atom. The lowest BCUT2D eigenvalue weighted by Gasteiger charge is -2.13. The summed E-state index contributed by atoms with van der Waals surface area (Å²) in [5, 5.41) is 10.8. The standard InChI is InChI=1S/C30H20Cl2F2N2O2S/c1-38-28-12-8-18(7-11-27(37)22-10-9-21(31)14-25(22)32)13-20(28)17-39-30-24(16-35)23(15-26(36-30)29(33)34)19-5-3-2-4-6-19/h2-15,29H,17H2,1H3/b11-7+. The molecule has 0 amide bonds. The van der Waals surface area contributed by atoms with E-state index in [0.29, 0.717) is 33.0 Å². The van der Waals surface area contributed by atoms with Crippen molar-refractivity contribution in [1.82, 2.24) is 4.98 Å². The fraction of sp³-hybridized carbons (Fsp3) is 0.100. The summed E-state index contributed by atoms with van der Waals surface area (Å²) in [5.41, 5.74) is 2.63. The third kappa shape index (κ3) is 6.85. The van der Waals surface area contributed by atoms with E-state index in [0.717, 1.165) is 17.3 Å². The minimum atomic E-state index is -2.80. The summed E-state index contributed by atoms with van der Waals surface area (Å²) in [5.74, 6) is 0.562. The molecule has 4 aromatic rings. The van der Waals surface area contributed by atoms with E-state index in [9.17, 15) is 18.8 Å². The third-order valence-corrected chi connectivity index (χ3v) is 7.29. The minimum absolute atomic E-state index is 0.199. The predicted octanol–water partition coefficient (Wildman–Crippen LogP) is 9.06. The Morgan fingerprint density at radius 1 is 1.10 bits per heavy atom. The van der Waals surface area contributed by atoms with Gasteiger partial charge in [-0.15, -0.1) is 11.8 Å². The first-order valence-corrected chi connectivity index (χ1v) is 13.3. The number of thioether (sulfide) groups is 1. The monoisotopic (exact) mass is 580 g/mol. The molecule has 196 valence electrons. The second-order valence-corrected chi connectivity index (χ2v) is 10.0. The molecular formula is C30H20Cl2F2N2O2S. The molecule has 0 radical (unpaired) electrons. The first kappa shape index (κ1) is 28.3. The molecule has 0 aliphatic heterocycles. The first-order chi connectivity index (χ1) is 18.8. The molecule has 0 saturated heterocycles. The summed E-state index contributed by atoms with van der Waals surface area (Å²) >= 11 is 13.2. The number of methoxy groups -OCH3 is 1. The number of rotatable bonds is 9. The second kappa shape index (κ2) is 12.9. The summed E-state index contributed by atoms with van der Waals surface area (Å²) in [4.78, 5) is 16.7. The van der Waals surface area contributed by atoms with Crippen molar-refractivity contribution in [2.24, 2.45) is 0 Å². The van der Waals surface area contributed by atoms with Gasteiger partial charge in [-0.3, -0.25) is 4.79 Å². The van der Waals surface area contributed by atoms with Crippen LogP contribution in [-0.2, 0) is 5.75 Å². The number of ketones is 1. The Hall–Kier alpha value is -3.70. The molecule has 1 aromatic heterocycles. The fourth-order valence-corrected chi connectivity index (χ4v) is 5.31. The van der Waals surface area contributed by atoms with Crippen LogP contribution in [0.4, 0.5) is 8.78 Å². The molecule has 0 unspecified atom stereocenters. The molecule has 0 bridgehead atoms. The Bertz CT molecular complexity index is 1590. The number of carbonyl (C=O) groups is 1. The second-order valence-electron chi connectivity index (χ2n) is 8.24. The molecule has 9 heteroatoms. The van der Waals surface area contributed by atoms with E-state index in [1.165, 1.54) is 25.3 Å². The van der Waals surface area contributed by atoms with Crippen LogP contribution in [0.25, 0.3) is 17.2 Å². The molecule has 0 aliphatic rings. The van der Waals surface area contributed by atoms with Crippen molar-refractivity contribution in [3.05, 3.63) is 117 Å². The largest absolute Gasteiger partial charge is 0.496 e. The highest BCUT2D eigenvalue weighted by atomic mass is 35.5. The molecule has 0 N–H and O–H groups in total. The first-order valence-electron chi connectivity index (χ1n) is 11.6. The van der Waals surface area contributed by atoms with Crippen LogP contribution >= 0.6 is 35.0 Å². The van der Waals surface area contributed by atoms with Gasteiger partial charge in [0.1, 0.15) is 22.5 Å². The Morgan fingerprint density at radius 2 is 1.87 bits per heavy atom. The van der Waals surface area contributed by atoms with Crippen LogP contribution < -0.4 is 4.74 Å². The van der Waals surface area contributed by atoms with Crippen molar-refractivity contribution in [1.29, 1.82) is 5.26 Å². The van der Waals surface area contributed by atoms with Crippen molar-refractivity contribution in [3.8, 4) is 22.9 Å². The summed E-state index contributed by atoms with van der Waals surface area (Å²) in [6.45, 7) is 0. The zero-order chi connectivity index (χ0) is 27.9. The normalized spacial score (nSPS) is 11.1. The molecule has 0 atom stereocenters. The molecule has 1 heterocycles. The van der Waals surface area contributed by atoms with Crippen LogP contribution in [-0.4, -0.2) is 17.9 Å². The topological polar surface area (TPSA) is 63.0 Å². The Balaban J connectivity index is 1.63. The number of alkyl halides is 2. The number of hydrogen-bond acceptors (Lipinski definition) is 5. The minimum Gasteiger partial charge on any atom is -0.496 e. The fourth-order valence-electron chi connectivity index (χ4n) is 3.82. The van der Waals surface area contributed by atoms with Gasteiger partial charge in [0.15, 0.2) is 5.78 Å². The Labute approximate surface area is 238 Å². The zero-order valence-electron chi connectivity index (χ0n) is 20.5. The van der Waals surface area contributed by atoms with Crippen molar-refractivity contribution in [3.63, 3.8) is 0 Å². The number of hydrogen-bond donors (Lipinski definition) is 0. The van der Waals surface area contributed by atoms with E-state index in [1.54, 1.807) is 54.6 Å². The highest BCUT2D eigenvalue weighted by molar-refractivity contribution is 7.98. The highest BCUT2D eigenvalue weighted by Crippen LogP contribution is 2.36. The van der Waals surface area contributed by atoms with Crippen LogP contribution in [0.15, 0.2) is 83.9 Å². The van der Waals surface area contributed by atoms with Gasteiger partial charge in [0.05, 0.1) is 17.7 Å². The lowest BCUT2D eigenvalue weighted by Crippen LogP contribution is -2.00. The number of halogens is 4. The van der Waals surface area contributed by atoms with Crippen LogP contribution in [0.3, 0.4) is 0 Å². The lowest BCUT2D eigenvalue weighted by atomic mass is 10.0. The number of pyridine rings is 1. The maximum atomic E-state index is 13.7. The van der Waals surface area contributed by atoms with Gasteiger partial charge >= 0.3 is 0 Å². The quantitative estimate of drug-likeness (QED) is 0.112. The molecule has 0 aliphatic carbocycles. The summed E-state index contributed by atoms with van der Waals surface area (Å²) in [6, 6.07) is 22.3. The maximum Gasteiger partial charge on any atom is 0.280 e. The van der Waals surface area contributed by atoms with E-state index in [1.807, 2.05) is 12.1 Å². The molecular weight excluding hydrogens is 561 g/mol. The molecule has 3 aromatic carbocycles. The number of nitrogens with zero attached hydrogens (tertiary/aromatic N) is 2. The van der Waals surface area contributed by atoms with Gasteiger partial charge in [-0.1, -0.05) is 65.7 Å². The van der Waals surface area contributed by atoms with Crippen LogP contribution in [0.5, 0.6) is 5.75 Å². The van der Waals surface area contributed by atoms with Gasteiger partial charge in [-0.05, 0) is 53.6 Å². The van der Waals surface area contributed by atoms with Gasteiger partial charge in [-0.25, -0.2) is 13.8 Å². The van der Waals surface area contributed by atoms with E-state index in [2.05, 4.69) is 11.1 Å². The number of nitriles is 1. The van der Waals surface area contributed by atoms with Crippen molar-refractivity contribution in [2.45, 2.75) is 17.2 Å². The van der Waals surface area contributed by atoms with E-state index >= 15 is 0 Å². The molecule has 39 heavy (non-hydrogen) atoms. The average molecular weight is 581 g/mol. The molecule has 0 fully saturated rings. The third-order valence-electron chi connectivity index (χ3n) is 5.72. The lowest BCUT2D eigenvalue weighted by molar-refractivity contribution is 0.104. The maximum absolute atomic E-state index is 13.7. The number of benzene rings is 3. The zero-order valence-corrected chi connectivity index (χ0v) is 22.8. The number of ether oxygens (including phenoxy) is 1. The van der Waals surface area contributed by atoms with Gasteiger partial charge < -0.3 is 4.74 Å². The SMILES string of the molecule is COc1ccc(/C=C/C(=O)c2ccc(Cl)cc2Cl)cc1CSc1nc(C(F)F)cc(-c2ccccc2)c1C#N. The van der Waals surface area contributed by atoms with Gasteiger partial charge in [0, 0.05) is 27.5 Å². The summed E-state index contributed by atoms with van der Waals surface area (Å²) in [7, 11) is 1.52.